The van der Waals surface area contributed by atoms with Gasteiger partial charge in [0.15, 0.2) is 6.61 Å². The van der Waals surface area contributed by atoms with E-state index in [9.17, 15) is 4.79 Å². The Kier molecular flexibility index (Phi) is 6.67. The van der Waals surface area contributed by atoms with Crippen LogP contribution in [0.1, 0.15) is 55.0 Å². The Morgan fingerprint density at radius 1 is 1.04 bits per heavy atom. The van der Waals surface area contributed by atoms with E-state index in [0.29, 0.717) is 11.7 Å². The van der Waals surface area contributed by atoms with Crippen LogP contribution >= 0.6 is 0 Å². The van der Waals surface area contributed by atoms with Gasteiger partial charge in [-0.3, -0.25) is 4.79 Å². The fraction of sp³-hybridized carbons (Fsp3) is 0.409. The third-order valence-corrected chi connectivity index (χ3v) is 4.48. The number of hydrogen-bond acceptors (Lipinski definition) is 3. The maximum Gasteiger partial charge on any atom is 0.258 e. The quantitative estimate of drug-likeness (QED) is 0.784. The lowest BCUT2D eigenvalue weighted by molar-refractivity contribution is -0.123. The van der Waals surface area contributed by atoms with Crippen LogP contribution in [0.15, 0.2) is 36.4 Å². The second kappa shape index (κ2) is 8.75. The molecule has 4 heteroatoms. The highest BCUT2D eigenvalue weighted by Gasteiger charge is 2.17. The lowest BCUT2D eigenvalue weighted by atomic mass is 9.93. The molecule has 2 aromatic rings. The van der Waals surface area contributed by atoms with Crippen LogP contribution in [0.5, 0.6) is 11.5 Å². The summed E-state index contributed by atoms with van der Waals surface area (Å²) in [4.78, 5) is 12.3. The Morgan fingerprint density at radius 2 is 1.69 bits per heavy atom. The van der Waals surface area contributed by atoms with Crippen molar-refractivity contribution in [1.82, 2.24) is 5.32 Å². The summed E-state index contributed by atoms with van der Waals surface area (Å²) in [5.41, 5.74) is 4.49. The predicted octanol–water partition coefficient (Wildman–Crippen LogP) is 4.69. The van der Waals surface area contributed by atoms with Gasteiger partial charge in [-0.15, -0.1) is 0 Å². The molecule has 4 nitrogen and oxygen atoms in total. The van der Waals surface area contributed by atoms with Crippen molar-refractivity contribution >= 4 is 5.91 Å². The molecule has 0 saturated heterocycles. The lowest BCUT2D eigenvalue weighted by Crippen LogP contribution is -2.31. The van der Waals surface area contributed by atoms with Crippen LogP contribution in [0.3, 0.4) is 0 Å². The number of hydrogen-bond donors (Lipinski definition) is 1. The van der Waals surface area contributed by atoms with E-state index in [2.05, 4.69) is 25.2 Å². The molecule has 26 heavy (non-hydrogen) atoms. The van der Waals surface area contributed by atoms with E-state index in [-0.39, 0.29) is 18.6 Å². The molecule has 0 unspecified atom stereocenters. The molecule has 1 N–H and O–H groups in total. The summed E-state index contributed by atoms with van der Waals surface area (Å²) >= 11 is 0. The summed E-state index contributed by atoms with van der Waals surface area (Å²) in [7, 11) is 1.69. The molecular formula is C22H29NO3. The van der Waals surface area contributed by atoms with Gasteiger partial charge in [0.05, 0.1) is 13.2 Å². The monoisotopic (exact) mass is 355 g/mol. The number of ether oxygens (including phenoxy) is 2. The smallest absolute Gasteiger partial charge is 0.258 e. The van der Waals surface area contributed by atoms with Crippen LogP contribution in [-0.4, -0.2) is 19.6 Å². The third-order valence-electron chi connectivity index (χ3n) is 4.48. The van der Waals surface area contributed by atoms with E-state index in [1.165, 1.54) is 0 Å². The van der Waals surface area contributed by atoms with Crippen LogP contribution in [0.4, 0.5) is 0 Å². The lowest BCUT2D eigenvalue weighted by Gasteiger charge is -2.21. The van der Waals surface area contributed by atoms with E-state index in [1.54, 1.807) is 7.11 Å². The highest BCUT2D eigenvalue weighted by molar-refractivity contribution is 5.78. The predicted molar refractivity (Wildman–Crippen MR) is 105 cm³/mol. The molecule has 2 rings (SSSR count). The standard InChI is InChI=1S/C22H29NO3/c1-14(2)19-12-20(16(4)11-21(19)25-6)17(5)23-22(24)13-26-18-9-7-15(3)8-10-18/h7-12,14,17H,13H2,1-6H3,(H,23,24)/t17-/m0/s1. The van der Waals surface area contributed by atoms with E-state index in [1.807, 2.05) is 51.1 Å². The van der Waals surface area contributed by atoms with Gasteiger partial charge in [0, 0.05) is 0 Å². The molecule has 1 amide bonds. The zero-order valence-corrected chi connectivity index (χ0v) is 16.6. The molecule has 0 aliphatic heterocycles. The second-order valence-electron chi connectivity index (χ2n) is 7.00. The number of rotatable bonds is 7. The topological polar surface area (TPSA) is 47.6 Å². The van der Waals surface area contributed by atoms with Crippen molar-refractivity contribution in [3.63, 3.8) is 0 Å². The van der Waals surface area contributed by atoms with E-state index in [4.69, 9.17) is 9.47 Å². The Hall–Kier alpha value is -2.49. The fourth-order valence-corrected chi connectivity index (χ4v) is 2.95. The zero-order chi connectivity index (χ0) is 19.3. The Balaban J connectivity index is 2.04. The van der Waals surface area contributed by atoms with E-state index >= 15 is 0 Å². The van der Waals surface area contributed by atoms with Crippen molar-refractivity contribution in [3.8, 4) is 11.5 Å². The molecule has 0 aliphatic rings. The van der Waals surface area contributed by atoms with Crippen LogP contribution in [-0.2, 0) is 4.79 Å². The molecule has 0 bridgehead atoms. The van der Waals surface area contributed by atoms with Crippen LogP contribution in [0.2, 0.25) is 0 Å². The highest BCUT2D eigenvalue weighted by atomic mass is 16.5. The number of aryl methyl sites for hydroxylation is 2. The average molecular weight is 355 g/mol. The van der Waals surface area contributed by atoms with Crippen LogP contribution in [0, 0.1) is 13.8 Å². The third kappa shape index (κ3) is 5.01. The minimum absolute atomic E-state index is 0.000356. The first-order chi connectivity index (χ1) is 12.3. The molecule has 0 saturated carbocycles. The summed E-state index contributed by atoms with van der Waals surface area (Å²) in [6, 6.07) is 11.7. The van der Waals surface area contributed by atoms with E-state index < -0.39 is 0 Å². The number of methoxy groups -OCH3 is 1. The Morgan fingerprint density at radius 3 is 2.27 bits per heavy atom. The fourth-order valence-electron chi connectivity index (χ4n) is 2.95. The first-order valence-electron chi connectivity index (χ1n) is 8.99. The average Bonchev–Trinajstić information content (AvgIpc) is 2.60. The van der Waals surface area contributed by atoms with Crippen LogP contribution < -0.4 is 14.8 Å². The SMILES string of the molecule is COc1cc(C)c([C@H](C)NC(=O)COc2ccc(C)cc2)cc1C(C)C. The number of carbonyl (C=O) groups excluding carboxylic acids is 1. The molecule has 0 spiro atoms. The van der Waals surface area contributed by atoms with Gasteiger partial charge in [0.25, 0.3) is 5.91 Å². The molecule has 0 radical (unpaired) electrons. The van der Waals surface area contributed by atoms with Crippen LogP contribution in [0.25, 0.3) is 0 Å². The highest BCUT2D eigenvalue weighted by Crippen LogP contribution is 2.32. The van der Waals surface area contributed by atoms with Gasteiger partial charge in [0.2, 0.25) is 0 Å². The molecule has 0 heterocycles. The van der Waals surface area contributed by atoms with Crippen molar-refractivity contribution in [3.05, 3.63) is 58.7 Å². The summed E-state index contributed by atoms with van der Waals surface area (Å²) in [6.45, 7) is 10.3. The molecule has 140 valence electrons. The van der Waals surface area contributed by atoms with E-state index in [0.717, 1.165) is 28.0 Å². The normalized spacial score (nSPS) is 12.0. The van der Waals surface area contributed by atoms with Gasteiger partial charge < -0.3 is 14.8 Å². The Bertz CT molecular complexity index is 751. The summed E-state index contributed by atoms with van der Waals surface area (Å²) in [5.74, 6) is 1.79. The Labute approximate surface area is 156 Å². The number of carbonyl (C=O) groups is 1. The van der Waals surface area contributed by atoms with Crippen molar-refractivity contribution in [1.29, 1.82) is 0 Å². The molecule has 0 aliphatic carbocycles. The molecule has 0 fully saturated rings. The van der Waals surface area contributed by atoms with Gasteiger partial charge in [-0.1, -0.05) is 31.5 Å². The van der Waals surface area contributed by atoms with Crippen molar-refractivity contribution in [2.24, 2.45) is 0 Å². The van der Waals surface area contributed by atoms with Crippen molar-refractivity contribution < 1.29 is 14.3 Å². The molecule has 0 aromatic heterocycles. The number of amides is 1. The van der Waals surface area contributed by atoms with Gasteiger partial charge in [0.1, 0.15) is 11.5 Å². The van der Waals surface area contributed by atoms with Gasteiger partial charge >= 0.3 is 0 Å². The summed E-state index contributed by atoms with van der Waals surface area (Å²) in [5, 5.41) is 3.02. The van der Waals surface area contributed by atoms with Crippen molar-refractivity contribution in [2.75, 3.05) is 13.7 Å². The maximum absolute atomic E-state index is 12.3. The van der Waals surface area contributed by atoms with Gasteiger partial charge in [-0.25, -0.2) is 0 Å². The summed E-state index contributed by atoms with van der Waals surface area (Å²) in [6.07, 6.45) is 0. The van der Waals surface area contributed by atoms with Gasteiger partial charge in [-0.05, 0) is 67.6 Å². The first-order valence-corrected chi connectivity index (χ1v) is 8.99. The first kappa shape index (κ1) is 19.8. The number of benzene rings is 2. The van der Waals surface area contributed by atoms with Crippen molar-refractivity contribution in [2.45, 2.75) is 46.6 Å². The molecule has 2 aromatic carbocycles. The minimum Gasteiger partial charge on any atom is -0.496 e. The maximum atomic E-state index is 12.3. The second-order valence-corrected chi connectivity index (χ2v) is 7.00. The molecule has 1 atom stereocenters. The number of nitrogens with one attached hydrogen (secondary N) is 1. The molecular weight excluding hydrogens is 326 g/mol. The minimum atomic E-state index is -0.139. The summed E-state index contributed by atoms with van der Waals surface area (Å²) < 4.78 is 11.0. The zero-order valence-electron chi connectivity index (χ0n) is 16.6. The largest absolute Gasteiger partial charge is 0.496 e. The van der Waals surface area contributed by atoms with Gasteiger partial charge in [-0.2, -0.15) is 0 Å².